The van der Waals surface area contributed by atoms with Crippen LogP contribution >= 0.6 is 0 Å². The first-order chi connectivity index (χ1) is 14.8. The summed E-state index contributed by atoms with van der Waals surface area (Å²) < 4.78 is 12.5. The lowest BCUT2D eigenvalue weighted by atomic mass is 9.52. The molecule has 0 spiro atoms. The number of rotatable bonds is 5. The third kappa shape index (κ3) is 2.62. The van der Waals surface area contributed by atoms with Crippen molar-refractivity contribution >= 4 is 0 Å². The van der Waals surface area contributed by atoms with Gasteiger partial charge in [-0.2, -0.15) is 0 Å². The van der Waals surface area contributed by atoms with E-state index in [1.807, 2.05) is 42.5 Å². The first-order valence-corrected chi connectivity index (χ1v) is 10.2. The van der Waals surface area contributed by atoms with Crippen molar-refractivity contribution in [2.24, 2.45) is 11.8 Å². The molecule has 3 aromatic carbocycles. The van der Waals surface area contributed by atoms with Crippen molar-refractivity contribution in [1.82, 2.24) is 0 Å². The largest absolute Gasteiger partial charge is 0.351 e. The van der Waals surface area contributed by atoms with E-state index in [0.717, 1.165) is 16.7 Å². The zero-order chi connectivity index (χ0) is 20.6. The van der Waals surface area contributed by atoms with Gasteiger partial charge in [0.1, 0.15) is 12.4 Å². The van der Waals surface area contributed by atoms with Crippen LogP contribution in [0.15, 0.2) is 78.9 Å². The fraction of sp³-hybridized carbons (Fsp3) is 0.214. The highest BCUT2D eigenvalue weighted by Gasteiger charge is 2.59. The molecule has 6 rings (SSSR count). The quantitative estimate of drug-likeness (QED) is 0.344. The maximum absolute atomic E-state index is 6.61. The van der Waals surface area contributed by atoms with Gasteiger partial charge >= 0.3 is 0 Å². The zero-order valence-corrected chi connectivity index (χ0v) is 16.6. The van der Waals surface area contributed by atoms with Crippen molar-refractivity contribution in [3.05, 3.63) is 107 Å². The minimum atomic E-state index is -0.815. The Bertz CT molecular complexity index is 1100. The Balaban J connectivity index is 1.57. The van der Waals surface area contributed by atoms with Gasteiger partial charge in [-0.1, -0.05) is 84.8 Å². The molecule has 0 aliphatic heterocycles. The van der Waals surface area contributed by atoms with E-state index in [0.29, 0.717) is 6.61 Å². The Hall–Kier alpha value is -3.30. The normalized spacial score (nSPS) is 25.6. The lowest BCUT2D eigenvalue weighted by Crippen LogP contribution is -2.53. The van der Waals surface area contributed by atoms with Crippen molar-refractivity contribution in [2.75, 3.05) is 6.79 Å². The summed E-state index contributed by atoms with van der Waals surface area (Å²) in [6, 6.07) is 26.8. The molecule has 0 fully saturated rings. The Morgan fingerprint density at radius 1 is 0.767 bits per heavy atom. The summed E-state index contributed by atoms with van der Waals surface area (Å²) in [5.74, 6) is 5.68. The summed E-state index contributed by atoms with van der Waals surface area (Å²) in [7, 11) is 0. The van der Waals surface area contributed by atoms with Gasteiger partial charge in [-0.15, -0.1) is 18.8 Å². The molecule has 0 aromatic heterocycles. The van der Waals surface area contributed by atoms with E-state index in [-0.39, 0.29) is 24.5 Å². The van der Waals surface area contributed by atoms with Crippen molar-refractivity contribution < 1.29 is 9.47 Å². The molecule has 2 bridgehead atoms. The summed E-state index contributed by atoms with van der Waals surface area (Å²) in [5.41, 5.74) is 4.90. The van der Waals surface area contributed by atoms with Gasteiger partial charge in [0.05, 0.1) is 12.5 Å². The van der Waals surface area contributed by atoms with E-state index in [1.54, 1.807) is 0 Å². The first-order valence-electron chi connectivity index (χ1n) is 10.2. The summed E-state index contributed by atoms with van der Waals surface area (Å²) in [4.78, 5) is 0. The number of hydrogen-bond acceptors (Lipinski definition) is 2. The molecule has 0 saturated carbocycles. The smallest absolute Gasteiger partial charge is 0.148 e. The molecule has 146 valence electrons. The minimum Gasteiger partial charge on any atom is -0.351 e. The van der Waals surface area contributed by atoms with Crippen LogP contribution in [0.3, 0.4) is 0 Å². The van der Waals surface area contributed by atoms with Gasteiger partial charge in [0.25, 0.3) is 0 Å². The molecule has 0 amide bonds. The molecule has 3 aromatic rings. The van der Waals surface area contributed by atoms with Crippen LogP contribution in [-0.4, -0.2) is 6.79 Å². The number of benzene rings is 3. The second kappa shape index (κ2) is 7.51. The van der Waals surface area contributed by atoms with Crippen LogP contribution in [0.2, 0.25) is 0 Å². The number of fused-ring (bicyclic) bond motifs is 1. The SMILES string of the molecule is C#C[C@H]1C2c3ccccc3C(OCOCc3ccccc3)(c3ccccc32)[C@H]1C#C. The number of hydrogen-bond donors (Lipinski definition) is 0. The molecular weight excluding hydrogens is 368 g/mol. The molecule has 0 saturated heterocycles. The molecule has 0 heterocycles. The van der Waals surface area contributed by atoms with Crippen molar-refractivity contribution in [1.29, 1.82) is 0 Å². The molecule has 2 heteroatoms. The highest BCUT2D eigenvalue weighted by Crippen LogP contribution is 2.61. The van der Waals surface area contributed by atoms with Gasteiger partial charge in [-0.3, -0.25) is 0 Å². The summed E-state index contributed by atoms with van der Waals surface area (Å²) in [6.07, 6.45) is 12.1. The fourth-order valence-electron chi connectivity index (χ4n) is 5.22. The average molecular weight is 390 g/mol. The highest BCUT2D eigenvalue weighted by molar-refractivity contribution is 5.61. The standard InChI is InChI=1S/C28H22O2/c1-3-21-24(4-2)28(30-19-29-18-20-12-6-5-7-13-20)25-16-10-8-14-22(25)27(21)23-15-9-11-17-26(23)28/h1-2,5-17,21,24,27H,18-19H2/t21-,24+,27?,28?/m1/s1. The molecule has 30 heavy (non-hydrogen) atoms. The first kappa shape index (κ1) is 18.7. The minimum absolute atomic E-state index is 0.0826. The lowest BCUT2D eigenvalue weighted by Gasteiger charge is -2.54. The maximum Gasteiger partial charge on any atom is 0.148 e. The predicted octanol–water partition coefficient (Wildman–Crippen LogP) is 5.08. The van der Waals surface area contributed by atoms with E-state index < -0.39 is 5.60 Å². The second-order valence-corrected chi connectivity index (χ2v) is 7.82. The molecule has 3 aliphatic carbocycles. The van der Waals surface area contributed by atoms with Crippen molar-refractivity contribution in [2.45, 2.75) is 18.1 Å². The molecule has 2 nitrogen and oxygen atoms in total. The summed E-state index contributed by atoms with van der Waals surface area (Å²) in [6.45, 7) is 0.597. The Kier molecular flexibility index (Phi) is 4.68. The van der Waals surface area contributed by atoms with Crippen molar-refractivity contribution in [3.8, 4) is 24.7 Å². The summed E-state index contributed by atoms with van der Waals surface area (Å²) >= 11 is 0. The molecule has 0 N–H and O–H groups in total. The van der Waals surface area contributed by atoms with E-state index in [9.17, 15) is 0 Å². The van der Waals surface area contributed by atoms with Gasteiger partial charge in [0, 0.05) is 11.8 Å². The van der Waals surface area contributed by atoms with Gasteiger partial charge < -0.3 is 9.47 Å². The Morgan fingerprint density at radius 3 is 1.97 bits per heavy atom. The molecule has 3 aliphatic rings. The van der Waals surface area contributed by atoms with Crippen LogP contribution in [0, 0.1) is 36.5 Å². The lowest BCUT2D eigenvalue weighted by molar-refractivity contribution is -0.161. The number of ether oxygens (including phenoxy) is 2. The molecule has 0 unspecified atom stereocenters. The van der Waals surface area contributed by atoms with E-state index >= 15 is 0 Å². The zero-order valence-electron chi connectivity index (χ0n) is 16.6. The maximum atomic E-state index is 6.61. The third-order valence-corrected chi connectivity index (χ3v) is 6.40. The van der Waals surface area contributed by atoms with Crippen LogP contribution in [0.1, 0.15) is 33.7 Å². The fourth-order valence-corrected chi connectivity index (χ4v) is 5.22. The van der Waals surface area contributed by atoms with E-state index in [2.05, 4.69) is 48.2 Å². The predicted molar refractivity (Wildman–Crippen MR) is 117 cm³/mol. The van der Waals surface area contributed by atoms with Gasteiger partial charge in [0.15, 0.2) is 0 Å². The highest BCUT2D eigenvalue weighted by atomic mass is 16.7. The second-order valence-electron chi connectivity index (χ2n) is 7.82. The van der Waals surface area contributed by atoms with Gasteiger partial charge in [0.2, 0.25) is 0 Å². The van der Waals surface area contributed by atoms with E-state index in [1.165, 1.54) is 11.1 Å². The van der Waals surface area contributed by atoms with Crippen LogP contribution in [0.5, 0.6) is 0 Å². The monoisotopic (exact) mass is 390 g/mol. The molecule has 2 atom stereocenters. The Morgan fingerprint density at radius 2 is 1.37 bits per heavy atom. The van der Waals surface area contributed by atoms with Gasteiger partial charge in [-0.05, 0) is 27.8 Å². The van der Waals surface area contributed by atoms with Crippen LogP contribution in [-0.2, 0) is 21.7 Å². The van der Waals surface area contributed by atoms with Gasteiger partial charge in [-0.25, -0.2) is 0 Å². The third-order valence-electron chi connectivity index (χ3n) is 6.40. The van der Waals surface area contributed by atoms with Crippen LogP contribution < -0.4 is 0 Å². The Labute approximate surface area is 177 Å². The summed E-state index contributed by atoms with van der Waals surface area (Å²) in [5, 5.41) is 0. The number of terminal acetylenes is 2. The van der Waals surface area contributed by atoms with Crippen LogP contribution in [0.25, 0.3) is 0 Å². The van der Waals surface area contributed by atoms with Crippen LogP contribution in [0.4, 0.5) is 0 Å². The van der Waals surface area contributed by atoms with Crippen molar-refractivity contribution in [3.63, 3.8) is 0 Å². The molecule has 0 radical (unpaired) electrons. The topological polar surface area (TPSA) is 18.5 Å². The average Bonchev–Trinajstić information content (AvgIpc) is 2.82. The molecular formula is C28H22O2. The van der Waals surface area contributed by atoms with E-state index in [4.69, 9.17) is 22.3 Å².